The minimum Gasteiger partial charge on any atom is -0.483 e. The van der Waals surface area contributed by atoms with Crippen LogP contribution in [-0.2, 0) is 11.2 Å². The molecule has 0 radical (unpaired) electrons. The third-order valence-corrected chi connectivity index (χ3v) is 4.57. The lowest BCUT2D eigenvalue weighted by Crippen LogP contribution is -2.33. The Morgan fingerprint density at radius 2 is 2.24 bits per heavy atom. The number of halogens is 1. The highest BCUT2D eigenvalue weighted by atomic mass is 35.5. The number of aliphatic hydroxyl groups excluding tert-OH is 1. The molecule has 1 fully saturated rings. The van der Waals surface area contributed by atoms with Crippen LogP contribution in [0.5, 0.6) is 5.75 Å². The van der Waals surface area contributed by atoms with Gasteiger partial charge in [-0.05, 0) is 37.1 Å². The summed E-state index contributed by atoms with van der Waals surface area (Å²) in [5.41, 5.74) is 1.69. The van der Waals surface area contributed by atoms with E-state index in [2.05, 4.69) is 9.97 Å². The summed E-state index contributed by atoms with van der Waals surface area (Å²) in [6.07, 6.45) is 4.95. The second kappa shape index (κ2) is 7.80. The van der Waals surface area contributed by atoms with E-state index in [0.717, 1.165) is 11.3 Å². The number of rotatable bonds is 5. The molecule has 1 amide bonds. The summed E-state index contributed by atoms with van der Waals surface area (Å²) >= 11 is 5.91. The fraction of sp³-hybridized carbons (Fsp3) is 0.389. The number of hydrogen-bond acceptors (Lipinski definition) is 5. The molecule has 0 spiro atoms. The van der Waals surface area contributed by atoms with E-state index in [9.17, 15) is 9.90 Å². The summed E-state index contributed by atoms with van der Waals surface area (Å²) in [4.78, 5) is 22.3. The van der Waals surface area contributed by atoms with Crippen molar-refractivity contribution >= 4 is 17.5 Å². The summed E-state index contributed by atoms with van der Waals surface area (Å²) in [7, 11) is 0. The van der Waals surface area contributed by atoms with Gasteiger partial charge in [0.25, 0.3) is 5.91 Å². The van der Waals surface area contributed by atoms with E-state index in [1.807, 2.05) is 6.92 Å². The molecular formula is C18H20ClN3O3. The number of benzene rings is 1. The van der Waals surface area contributed by atoms with Crippen LogP contribution in [-0.4, -0.2) is 51.7 Å². The fourth-order valence-corrected chi connectivity index (χ4v) is 3.19. The molecule has 0 aliphatic carbocycles. The van der Waals surface area contributed by atoms with Crippen molar-refractivity contribution in [1.29, 1.82) is 0 Å². The van der Waals surface area contributed by atoms with Gasteiger partial charge in [0, 0.05) is 42.6 Å². The number of aromatic nitrogens is 2. The van der Waals surface area contributed by atoms with Crippen LogP contribution in [0.25, 0.3) is 0 Å². The smallest absolute Gasteiger partial charge is 0.260 e. The summed E-state index contributed by atoms with van der Waals surface area (Å²) < 4.78 is 5.60. The Bertz CT molecular complexity index is 742. The van der Waals surface area contributed by atoms with Crippen molar-refractivity contribution < 1.29 is 14.6 Å². The molecule has 0 saturated carbocycles. The van der Waals surface area contributed by atoms with Crippen LogP contribution in [0, 0.1) is 12.8 Å². The maximum atomic E-state index is 12.4. The van der Waals surface area contributed by atoms with E-state index in [4.69, 9.17) is 16.3 Å². The van der Waals surface area contributed by atoms with Crippen LogP contribution < -0.4 is 4.74 Å². The second-order valence-corrected chi connectivity index (χ2v) is 6.66. The molecule has 3 rings (SSSR count). The van der Waals surface area contributed by atoms with E-state index in [-0.39, 0.29) is 18.4 Å². The van der Waals surface area contributed by atoms with Crippen molar-refractivity contribution in [2.45, 2.75) is 19.4 Å². The number of carbonyl (C=O) groups excluding carboxylic acids is 1. The molecule has 2 heterocycles. The quantitative estimate of drug-likeness (QED) is 0.880. The number of amides is 1. The molecule has 132 valence electrons. The van der Waals surface area contributed by atoms with Crippen LogP contribution in [0.4, 0.5) is 0 Å². The molecule has 2 atom stereocenters. The number of nitrogens with zero attached hydrogens (tertiary/aromatic N) is 3. The number of aryl methyl sites for hydroxylation is 1. The first-order valence-corrected chi connectivity index (χ1v) is 8.50. The van der Waals surface area contributed by atoms with Crippen molar-refractivity contribution in [3.8, 4) is 5.75 Å². The van der Waals surface area contributed by atoms with Crippen molar-refractivity contribution in [2.24, 2.45) is 5.92 Å². The minimum absolute atomic E-state index is 0.0436. The Labute approximate surface area is 151 Å². The van der Waals surface area contributed by atoms with Gasteiger partial charge in [-0.25, -0.2) is 0 Å². The molecule has 2 unspecified atom stereocenters. The maximum Gasteiger partial charge on any atom is 0.260 e. The van der Waals surface area contributed by atoms with Gasteiger partial charge in [-0.1, -0.05) is 11.6 Å². The van der Waals surface area contributed by atoms with Gasteiger partial charge in [-0.3, -0.25) is 14.8 Å². The topological polar surface area (TPSA) is 75.5 Å². The lowest BCUT2D eigenvalue weighted by Gasteiger charge is -2.17. The maximum absolute atomic E-state index is 12.4. The summed E-state index contributed by atoms with van der Waals surface area (Å²) in [5.74, 6) is 0.446. The van der Waals surface area contributed by atoms with E-state index in [0.29, 0.717) is 30.3 Å². The minimum atomic E-state index is -0.566. The molecule has 1 aliphatic heterocycles. The zero-order valence-corrected chi connectivity index (χ0v) is 14.7. The average molecular weight is 362 g/mol. The Morgan fingerprint density at radius 3 is 2.96 bits per heavy atom. The Hall–Kier alpha value is -2.18. The Kier molecular flexibility index (Phi) is 5.50. The molecular weight excluding hydrogens is 342 g/mol. The molecule has 1 aromatic carbocycles. The van der Waals surface area contributed by atoms with Crippen molar-refractivity contribution in [2.75, 3.05) is 19.7 Å². The van der Waals surface area contributed by atoms with E-state index in [1.165, 1.54) is 0 Å². The van der Waals surface area contributed by atoms with Crippen LogP contribution in [0.15, 0.2) is 36.8 Å². The highest BCUT2D eigenvalue weighted by molar-refractivity contribution is 6.30. The van der Waals surface area contributed by atoms with Crippen molar-refractivity contribution in [1.82, 2.24) is 14.9 Å². The molecule has 1 aromatic heterocycles. The monoisotopic (exact) mass is 361 g/mol. The first-order valence-electron chi connectivity index (χ1n) is 8.12. The van der Waals surface area contributed by atoms with E-state index < -0.39 is 6.10 Å². The number of hydrogen-bond donors (Lipinski definition) is 1. The molecule has 1 aliphatic rings. The predicted molar refractivity (Wildman–Crippen MR) is 93.5 cm³/mol. The molecule has 1 N–H and O–H groups in total. The van der Waals surface area contributed by atoms with Gasteiger partial charge in [0.1, 0.15) is 5.75 Å². The van der Waals surface area contributed by atoms with Gasteiger partial charge in [0.2, 0.25) is 0 Å². The van der Waals surface area contributed by atoms with Crippen molar-refractivity contribution in [3.05, 3.63) is 53.1 Å². The fourth-order valence-electron chi connectivity index (χ4n) is 2.97. The largest absolute Gasteiger partial charge is 0.483 e. The zero-order valence-electron chi connectivity index (χ0n) is 13.9. The van der Waals surface area contributed by atoms with Gasteiger partial charge in [0.15, 0.2) is 6.61 Å². The third kappa shape index (κ3) is 4.46. The molecule has 25 heavy (non-hydrogen) atoms. The normalized spacial score (nSPS) is 19.9. The van der Waals surface area contributed by atoms with Gasteiger partial charge in [0.05, 0.1) is 11.8 Å². The zero-order chi connectivity index (χ0) is 17.8. The van der Waals surface area contributed by atoms with Crippen LogP contribution >= 0.6 is 11.6 Å². The Balaban J connectivity index is 1.54. The van der Waals surface area contributed by atoms with Gasteiger partial charge in [-0.15, -0.1) is 0 Å². The SMILES string of the molecule is Cc1cc(Cl)ccc1OCC(=O)N1CC(O)C(Cc2cnccn2)C1. The molecule has 2 aromatic rings. The standard InChI is InChI=1S/C18H20ClN3O3/c1-12-6-14(19)2-3-17(12)25-11-18(24)22-9-13(16(23)10-22)7-15-8-20-4-5-21-15/h2-6,8,13,16,23H,7,9-11H2,1H3. The van der Waals surface area contributed by atoms with Gasteiger partial charge < -0.3 is 14.7 Å². The van der Waals surface area contributed by atoms with Crippen LogP contribution in [0.1, 0.15) is 11.3 Å². The number of β-amino-alcohol motifs (C(OH)–C–C–N with tert-alkyl or cyclic N) is 1. The molecule has 7 heteroatoms. The average Bonchev–Trinajstić information content (AvgIpc) is 2.95. The molecule has 0 bridgehead atoms. The first kappa shape index (κ1) is 17.6. The third-order valence-electron chi connectivity index (χ3n) is 4.34. The van der Waals surface area contributed by atoms with E-state index >= 15 is 0 Å². The number of carbonyl (C=O) groups is 1. The lowest BCUT2D eigenvalue weighted by molar-refractivity contribution is -0.132. The van der Waals surface area contributed by atoms with Crippen molar-refractivity contribution in [3.63, 3.8) is 0 Å². The number of ether oxygens (including phenoxy) is 1. The molecule has 6 nitrogen and oxygen atoms in total. The second-order valence-electron chi connectivity index (χ2n) is 6.23. The van der Waals surface area contributed by atoms with Gasteiger partial charge >= 0.3 is 0 Å². The highest BCUT2D eigenvalue weighted by Gasteiger charge is 2.34. The van der Waals surface area contributed by atoms with Crippen LogP contribution in [0.3, 0.4) is 0 Å². The number of aliphatic hydroxyl groups is 1. The Morgan fingerprint density at radius 1 is 1.40 bits per heavy atom. The van der Waals surface area contributed by atoms with Gasteiger partial charge in [-0.2, -0.15) is 0 Å². The number of likely N-dealkylation sites (tertiary alicyclic amines) is 1. The van der Waals surface area contributed by atoms with Crippen LogP contribution in [0.2, 0.25) is 5.02 Å². The molecule has 1 saturated heterocycles. The summed E-state index contributed by atoms with van der Waals surface area (Å²) in [6.45, 7) is 2.61. The summed E-state index contributed by atoms with van der Waals surface area (Å²) in [6, 6.07) is 5.27. The lowest BCUT2D eigenvalue weighted by atomic mass is 10.0. The highest BCUT2D eigenvalue weighted by Crippen LogP contribution is 2.23. The first-order chi connectivity index (χ1) is 12.0. The van der Waals surface area contributed by atoms with E-state index in [1.54, 1.807) is 41.7 Å². The predicted octanol–water partition coefficient (Wildman–Crippen LogP) is 1.88. The summed E-state index contributed by atoms with van der Waals surface area (Å²) in [5, 5.41) is 10.9.